The van der Waals surface area contributed by atoms with E-state index in [9.17, 15) is 18.0 Å². The number of alkyl halides is 3. The molecule has 0 aliphatic rings. The Morgan fingerprint density at radius 2 is 1.43 bits per heavy atom. The molecule has 110 valence electrons. The molecule has 0 unspecified atom stereocenters. The minimum Gasteiger partial charge on any atom is -0.303 e. The molecule has 0 saturated heterocycles. The van der Waals surface area contributed by atoms with E-state index in [1.165, 1.54) is 12.1 Å². The largest absolute Gasteiger partial charge is 0.416 e. The molecule has 0 fully saturated rings. The summed E-state index contributed by atoms with van der Waals surface area (Å²) in [5.74, 6) is -0.133. The Labute approximate surface area is 121 Å². The monoisotopic (exact) mass is 292 g/mol. The van der Waals surface area contributed by atoms with Crippen molar-refractivity contribution < 1.29 is 18.0 Å². The lowest BCUT2D eigenvalue weighted by Crippen LogP contribution is -2.04. The van der Waals surface area contributed by atoms with E-state index in [0.717, 1.165) is 36.0 Å². The number of rotatable bonds is 4. The fourth-order valence-corrected chi connectivity index (χ4v) is 2.18. The minimum absolute atomic E-state index is 0.133. The number of hydrogen-bond donors (Lipinski definition) is 0. The molecule has 0 radical (unpaired) electrons. The molecule has 2 rings (SSSR count). The van der Waals surface area contributed by atoms with Crippen LogP contribution < -0.4 is 0 Å². The van der Waals surface area contributed by atoms with Crippen LogP contribution >= 0.6 is 0 Å². The van der Waals surface area contributed by atoms with Gasteiger partial charge in [0.25, 0.3) is 0 Å². The molecule has 0 spiro atoms. The normalized spacial score (nSPS) is 13.0. The first-order valence-electron chi connectivity index (χ1n) is 6.68. The lowest BCUT2D eigenvalue weighted by Gasteiger charge is -2.10. The van der Waals surface area contributed by atoms with Crippen LogP contribution in [0.3, 0.4) is 0 Å². The van der Waals surface area contributed by atoms with Gasteiger partial charge in [-0.05, 0) is 35.2 Å². The van der Waals surface area contributed by atoms with Crippen LogP contribution in [0.2, 0.25) is 0 Å². The van der Waals surface area contributed by atoms with Crippen LogP contribution in [0.15, 0.2) is 48.5 Å². The van der Waals surface area contributed by atoms with Gasteiger partial charge in [0.2, 0.25) is 0 Å². The predicted molar refractivity (Wildman–Crippen MR) is 76.0 cm³/mol. The van der Waals surface area contributed by atoms with E-state index in [-0.39, 0.29) is 5.92 Å². The SMILES string of the molecule is CC[C@H](C=O)c1ccc(-c2ccc(C(F)(F)F)cc2)cc1. The lowest BCUT2D eigenvalue weighted by molar-refractivity contribution is -0.137. The Balaban J connectivity index is 2.25. The van der Waals surface area contributed by atoms with Gasteiger partial charge >= 0.3 is 6.18 Å². The minimum atomic E-state index is -4.32. The Morgan fingerprint density at radius 1 is 0.952 bits per heavy atom. The predicted octanol–water partition coefficient (Wildman–Crippen LogP) is 5.06. The van der Waals surface area contributed by atoms with E-state index in [1.54, 1.807) is 0 Å². The summed E-state index contributed by atoms with van der Waals surface area (Å²) in [6.07, 6.45) is -2.68. The lowest BCUT2D eigenvalue weighted by atomic mass is 9.95. The topological polar surface area (TPSA) is 17.1 Å². The average Bonchev–Trinajstić information content (AvgIpc) is 2.48. The number of halogens is 3. The van der Waals surface area contributed by atoms with Gasteiger partial charge in [-0.2, -0.15) is 13.2 Å². The van der Waals surface area contributed by atoms with Crippen LogP contribution in [0.25, 0.3) is 11.1 Å². The number of carbonyl (C=O) groups is 1. The molecular formula is C17H15F3O. The van der Waals surface area contributed by atoms with Gasteiger partial charge < -0.3 is 4.79 Å². The number of aldehydes is 1. The first kappa shape index (κ1) is 15.3. The molecule has 0 aliphatic carbocycles. The van der Waals surface area contributed by atoms with E-state index >= 15 is 0 Å². The van der Waals surface area contributed by atoms with Crippen LogP contribution in [0.5, 0.6) is 0 Å². The number of hydrogen-bond acceptors (Lipinski definition) is 1. The molecule has 1 atom stereocenters. The molecule has 0 amide bonds. The number of carbonyl (C=O) groups excluding carboxylic acids is 1. The summed E-state index contributed by atoms with van der Waals surface area (Å²) in [7, 11) is 0. The zero-order chi connectivity index (χ0) is 15.5. The summed E-state index contributed by atoms with van der Waals surface area (Å²) in [5.41, 5.74) is 1.81. The van der Waals surface area contributed by atoms with E-state index in [4.69, 9.17) is 0 Å². The van der Waals surface area contributed by atoms with Crippen molar-refractivity contribution in [3.8, 4) is 11.1 Å². The third kappa shape index (κ3) is 3.51. The molecule has 0 heterocycles. The summed E-state index contributed by atoms with van der Waals surface area (Å²) < 4.78 is 37.5. The summed E-state index contributed by atoms with van der Waals surface area (Å²) >= 11 is 0. The van der Waals surface area contributed by atoms with Crippen molar-refractivity contribution >= 4 is 6.29 Å². The average molecular weight is 292 g/mol. The fourth-order valence-electron chi connectivity index (χ4n) is 2.18. The van der Waals surface area contributed by atoms with Gasteiger partial charge in [-0.3, -0.25) is 0 Å². The van der Waals surface area contributed by atoms with Crippen LogP contribution in [-0.2, 0) is 11.0 Å². The van der Waals surface area contributed by atoms with Crippen LogP contribution in [0, 0.1) is 0 Å². The second-order valence-electron chi connectivity index (χ2n) is 4.85. The van der Waals surface area contributed by atoms with Gasteiger partial charge in [-0.1, -0.05) is 43.3 Å². The van der Waals surface area contributed by atoms with Gasteiger partial charge in [-0.15, -0.1) is 0 Å². The highest BCUT2D eigenvalue weighted by Gasteiger charge is 2.29. The van der Waals surface area contributed by atoms with Crippen LogP contribution in [0.1, 0.15) is 30.4 Å². The molecule has 0 saturated carbocycles. The summed E-state index contributed by atoms with van der Waals surface area (Å²) in [6.45, 7) is 1.93. The van der Waals surface area contributed by atoms with Gasteiger partial charge in [-0.25, -0.2) is 0 Å². The first-order chi connectivity index (χ1) is 9.95. The fraction of sp³-hybridized carbons (Fsp3) is 0.235. The maximum absolute atomic E-state index is 12.5. The van der Waals surface area contributed by atoms with Crippen molar-refractivity contribution in [3.63, 3.8) is 0 Å². The second kappa shape index (κ2) is 6.12. The third-order valence-electron chi connectivity index (χ3n) is 3.49. The van der Waals surface area contributed by atoms with Crippen molar-refractivity contribution in [2.45, 2.75) is 25.4 Å². The van der Waals surface area contributed by atoms with Gasteiger partial charge in [0.1, 0.15) is 6.29 Å². The summed E-state index contributed by atoms with van der Waals surface area (Å²) in [6, 6.07) is 12.4. The third-order valence-corrected chi connectivity index (χ3v) is 3.49. The first-order valence-corrected chi connectivity index (χ1v) is 6.68. The summed E-state index contributed by atoms with van der Waals surface area (Å²) in [4.78, 5) is 10.9. The van der Waals surface area contributed by atoms with Crippen molar-refractivity contribution in [1.29, 1.82) is 0 Å². The smallest absolute Gasteiger partial charge is 0.303 e. The highest BCUT2D eigenvalue weighted by atomic mass is 19.4. The molecule has 0 bridgehead atoms. The van der Waals surface area contributed by atoms with Crippen molar-refractivity contribution in [1.82, 2.24) is 0 Å². The Kier molecular flexibility index (Phi) is 4.46. The highest BCUT2D eigenvalue weighted by molar-refractivity contribution is 5.67. The molecule has 4 heteroatoms. The van der Waals surface area contributed by atoms with E-state index in [1.807, 2.05) is 31.2 Å². The van der Waals surface area contributed by atoms with Crippen LogP contribution in [0.4, 0.5) is 13.2 Å². The molecule has 21 heavy (non-hydrogen) atoms. The zero-order valence-corrected chi connectivity index (χ0v) is 11.5. The van der Waals surface area contributed by atoms with E-state index in [2.05, 4.69) is 0 Å². The maximum Gasteiger partial charge on any atom is 0.416 e. The second-order valence-corrected chi connectivity index (χ2v) is 4.85. The van der Waals surface area contributed by atoms with E-state index < -0.39 is 11.7 Å². The van der Waals surface area contributed by atoms with Gasteiger partial charge in [0.05, 0.1) is 5.56 Å². The Morgan fingerprint density at radius 3 is 1.81 bits per heavy atom. The van der Waals surface area contributed by atoms with Gasteiger partial charge in [0.15, 0.2) is 0 Å². The molecule has 0 aromatic heterocycles. The molecule has 0 aliphatic heterocycles. The van der Waals surface area contributed by atoms with Crippen molar-refractivity contribution in [3.05, 3.63) is 59.7 Å². The zero-order valence-electron chi connectivity index (χ0n) is 11.5. The molecule has 2 aromatic carbocycles. The molecule has 0 N–H and O–H groups in total. The Hall–Kier alpha value is -2.10. The summed E-state index contributed by atoms with van der Waals surface area (Å²) in [5, 5.41) is 0. The molecule has 1 nitrogen and oxygen atoms in total. The van der Waals surface area contributed by atoms with Crippen molar-refractivity contribution in [2.24, 2.45) is 0 Å². The standard InChI is InChI=1S/C17H15F3O/c1-2-12(11-21)13-3-5-14(6-4-13)15-7-9-16(10-8-15)17(18,19)20/h3-12H,2H2,1H3/t12-/m1/s1. The highest BCUT2D eigenvalue weighted by Crippen LogP contribution is 2.31. The molecule has 2 aromatic rings. The van der Waals surface area contributed by atoms with Crippen molar-refractivity contribution in [2.75, 3.05) is 0 Å². The number of benzene rings is 2. The quantitative estimate of drug-likeness (QED) is 0.719. The van der Waals surface area contributed by atoms with Crippen LogP contribution in [-0.4, -0.2) is 6.29 Å². The maximum atomic E-state index is 12.5. The van der Waals surface area contributed by atoms with E-state index in [0.29, 0.717) is 5.56 Å². The van der Waals surface area contributed by atoms with Gasteiger partial charge in [0, 0.05) is 5.92 Å². The molecular weight excluding hydrogens is 277 g/mol. The Bertz CT molecular complexity index is 597.